The van der Waals surface area contributed by atoms with E-state index in [1.807, 2.05) is 25.1 Å². The van der Waals surface area contributed by atoms with Crippen LogP contribution in [0.25, 0.3) is 6.08 Å². The minimum Gasteiger partial charge on any atom is -0.490 e. The van der Waals surface area contributed by atoms with Crippen LogP contribution in [0.1, 0.15) is 57.9 Å². The molecule has 1 aromatic carbocycles. The number of hydrogen-bond donors (Lipinski definition) is 1. The summed E-state index contributed by atoms with van der Waals surface area (Å²) >= 11 is 10.2. The third kappa shape index (κ3) is 7.80. The van der Waals surface area contributed by atoms with E-state index in [4.69, 9.17) is 26.8 Å². The second kappa shape index (κ2) is 13.1. The van der Waals surface area contributed by atoms with Gasteiger partial charge in [-0.2, -0.15) is 0 Å². The van der Waals surface area contributed by atoms with E-state index in [1.54, 1.807) is 4.90 Å². The highest BCUT2D eigenvalue weighted by Gasteiger charge is 2.31. The number of benzene rings is 1. The van der Waals surface area contributed by atoms with E-state index in [0.717, 1.165) is 35.7 Å². The summed E-state index contributed by atoms with van der Waals surface area (Å²) in [6.07, 6.45) is 6.02. The lowest BCUT2D eigenvalue weighted by Gasteiger charge is -2.15. The Balaban J connectivity index is 2.10. The zero-order valence-corrected chi connectivity index (χ0v) is 21.0. The Morgan fingerprint density at radius 1 is 1.23 bits per heavy atom. The highest BCUT2D eigenvalue weighted by atomic mass is 79.9. The number of aliphatic carboxylic acids is 1. The fourth-order valence-electron chi connectivity index (χ4n) is 2.96. The lowest BCUT2D eigenvalue weighted by Crippen LogP contribution is -2.29. The summed E-state index contributed by atoms with van der Waals surface area (Å²) < 4.78 is 13.0. The van der Waals surface area contributed by atoms with Crippen molar-refractivity contribution in [1.82, 2.24) is 4.90 Å². The number of halogens is 1. The highest BCUT2D eigenvalue weighted by Crippen LogP contribution is 2.39. The van der Waals surface area contributed by atoms with Gasteiger partial charge in [0.25, 0.3) is 5.91 Å². The number of hydrogen-bond acceptors (Lipinski definition) is 6. The van der Waals surface area contributed by atoms with Gasteiger partial charge < -0.3 is 14.6 Å². The van der Waals surface area contributed by atoms with Crippen LogP contribution in [-0.4, -0.2) is 46.0 Å². The number of nitrogens with zero attached hydrogens (tertiary/aromatic N) is 1. The smallest absolute Gasteiger partial charge is 0.303 e. The van der Waals surface area contributed by atoms with Crippen molar-refractivity contribution in [2.45, 2.75) is 52.4 Å². The molecule has 1 amide bonds. The van der Waals surface area contributed by atoms with Crippen molar-refractivity contribution < 1.29 is 24.2 Å². The van der Waals surface area contributed by atoms with Gasteiger partial charge in [0.2, 0.25) is 0 Å². The third-order valence-electron chi connectivity index (χ3n) is 4.52. The molecule has 1 saturated heterocycles. The van der Waals surface area contributed by atoms with Gasteiger partial charge in [-0.1, -0.05) is 43.7 Å². The van der Waals surface area contributed by atoms with Crippen molar-refractivity contribution in [3.63, 3.8) is 0 Å². The van der Waals surface area contributed by atoms with Gasteiger partial charge in [0.05, 0.1) is 22.6 Å². The van der Waals surface area contributed by atoms with Crippen LogP contribution in [0.4, 0.5) is 0 Å². The van der Waals surface area contributed by atoms with Gasteiger partial charge in [-0.05, 0) is 65.9 Å². The molecule has 0 aliphatic carbocycles. The molecule has 1 aromatic rings. The molecule has 1 N–H and O–H groups in total. The molecule has 0 atom stereocenters. The molecule has 9 heteroatoms. The number of carboxylic acids is 1. The first kappa shape index (κ1) is 25.7. The molecule has 0 unspecified atom stereocenters. The zero-order valence-electron chi connectivity index (χ0n) is 17.8. The molecule has 1 aliphatic heterocycles. The summed E-state index contributed by atoms with van der Waals surface area (Å²) in [7, 11) is 0. The third-order valence-corrected chi connectivity index (χ3v) is 6.49. The molecule has 0 bridgehead atoms. The van der Waals surface area contributed by atoms with Crippen LogP contribution in [0.2, 0.25) is 0 Å². The number of carboxylic acid groups (broad SMARTS) is 1. The van der Waals surface area contributed by atoms with Gasteiger partial charge in [-0.3, -0.25) is 14.5 Å². The molecular weight excluding hydrogens is 502 g/mol. The maximum absolute atomic E-state index is 12.8. The van der Waals surface area contributed by atoms with Crippen LogP contribution in [0.5, 0.6) is 11.5 Å². The van der Waals surface area contributed by atoms with E-state index in [0.29, 0.717) is 46.9 Å². The molecule has 6 nitrogen and oxygen atoms in total. The average Bonchev–Trinajstić information content (AvgIpc) is 2.97. The Kier molecular flexibility index (Phi) is 10.8. The monoisotopic (exact) mass is 529 g/mol. The van der Waals surface area contributed by atoms with Crippen molar-refractivity contribution in [3.05, 3.63) is 27.1 Å². The Labute approximate surface area is 201 Å². The predicted octanol–water partition coefficient (Wildman–Crippen LogP) is 5.87. The van der Waals surface area contributed by atoms with Crippen LogP contribution >= 0.6 is 39.9 Å². The predicted molar refractivity (Wildman–Crippen MR) is 132 cm³/mol. The number of ether oxygens (including phenoxy) is 2. The number of carbonyl (C=O) groups is 2. The number of carbonyl (C=O) groups excluding carboxylic acids is 1. The second-order valence-corrected chi connectivity index (χ2v) is 9.53. The van der Waals surface area contributed by atoms with E-state index >= 15 is 0 Å². The van der Waals surface area contributed by atoms with Gasteiger partial charge in [0, 0.05) is 13.0 Å². The lowest BCUT2D eigenvalue weighted by molar-refractivity contribution is -0.137. The first-order valence-electron chi connectivity index (χ1n) is 10.4. The van der Waals surface area contributed by atoms with Crippen LogP contribution < -0.4 is 9.47 Å². The molecule has 1 fully saturated rings. The van der Waals surface area contributed by atoms with E-state index < -0.39 is 5.97 Å². The summed E-state index contributed by atoms with van der Waals surface area (Å²) in [4.78, 5) is 25.6. The minimum absolute atomic E-state index is 0.120. The van der Waals surface area contributed by atoms with Gasteiger partial charge in [-0.15, -0.1) is 0 Å². The van der Waals surface area contributed by atoms with E-state index in [9.17, 15) is 9.59 Å². The van der Waals surface area contributed by atoms with Crippen molar-refractivity contribution >= 4 is 62.2 Å². The molecule has 1 heterocycles. The standard InChI is InChI=1S/C22H28BrNO5S2/c1-3-5-11-29-20-16(23)12-15(13-17(20)28-4-2)14-18-21(27)24(22(30)31-18)10-8-6-7-9-19(25)26/h12-14H,3-11H2,1-2H3,(H,25,26)/b18-14-. The van der Waals surface area contributed by atoms with Gasteiger partial charge >= 0.3 is 5.97 Å². The molecule has 170 valence electrons. The Morgan fingerprint density at radius 2 is 2.00 bits per heavy atom. The normalized spacial score (nSPS) is 15.1. The fourth-order valence-corrected chi connectivity index (χ4v) is 4.84. The number of thiocarbonyl (C=S) groups is 1. The fraction of sp³-hybridized carbons (Fsp3) is 0.500. The molecule has 0 saturated carbocycles. The average molecular weight is 531 g/mol. The molecule has 1 aliphatic rings. The maximum atomic E-state index is 12.8. The first-order chi connectivity index (χ1) is 14.9. The topological polar surface area (TPSA) is 76.1 Å². The SMILES string of the molecule is CCCCOc1c(Br)cc(/C=C2\SC(=S)N(CCCCCC(=O)O)C2=O)cc1OCC. The number of thioether (sulfide) groups is 1. The molecule has 0 radical (unpaired) electrons. The first-order valence-corrected chi connectivity index (χ1v) is 12.4. The Morgan fingerprint density at radius 3 is 2.68 bits per heavy atom. The summed E-state index contributed by atoms with van der Waals surface area (Å²) in [6.45, 7) is 5.64. The minimum atomic E-state index is -0.798. The zero-order chi connectivity index (χ0) is 22.8. The number of rotatable bonds is 13. The molecular formula is C22H28BrNO5S2. The van der Waals surface area contributed by atoms with E-state index in [2.05, 4.69) is 22.9 Å². The highest BCUT2D eigenvalue weighted by molar-refractivity contribution is 9.10. The van der Waals surface area contributed by atoms with Crippen LogP contribution in [-0.2, 0) is 9.59 Å². The van der Waals surface area contributed by atoms with Crippen LogP contribution in [0.3, 0.4) is 0 Å². The van der Waals surface area contributed by atoms with Crippen molar-refractivity contribution in [3.8, 4) is 11.5 Å². The van der Waals surface area contributed by atoms with Gasteiger partial charge in [-0.25, -0.2) is 0 Å². The number of unbranched alkanes of at least 4 members (excludes halogenated alkanes) is 3. The summed E-state index contributed by atoms with van der Waals surface area (Å²) in [6, 6.07) is 3.77. The van der Waals surface area contributed by atoms with Crippen LogP contribution in [0, 0.1) is 0 Å². The molecule has 0 spiro atoms. The largest absolute Gasteiger partial charge is 0.490 e. The van der Waals surface area contributed by atoms with Crippen LogP contribution in [0.15, 0.2) is 21.5 Å². The van der Waals surface area contributed by atoms with E-state index in [-0.39, 0.29) is 12.3 Å². The van der Waals surface area contributed by atoms with Crippen molar-refractivity contribution in [2.75, 3.05) is 19.8 Å². The van der Waals surface area contributed by atoms with Crippen molar-refractivity contribution in [1.29, 1.82) is 0 Å². The van der Waals surface area contributed by atoms with Crippen molar-refractivity contribution in [2.24, 2.45) is 0 Å². The summed E-state index contributed by atoms with van der Waals surface area (Å²) in [5, 5.41) is 8.71. The summed E-state index contributed by atoms with van der Waals surface area (Å²) in [5.41, 5.74) is 0.820. The molecule has 2 rings (SSSR count). The Bertz CT molecular complexity index is 843. The summed E-state index contributed by atoms with van der Waals surface area (Å²) in [5.74, 6) is 0.382. The van der Waals surface area contributed by atoms with Gasteiger partial charge in [0.1, 0.15) is 4.32 Å². The molecule has 31 heavy (non-hydrogen) atoms. The number of amides is 1. The van der Waals surface area contributed by atoms with Gasteiger partial charge in [0.15, 0.2) is 11.5 Å². The quantitative estimate of drug-likeness (QED) is 0.194. The Hall–Kier alpha value is -1.58. The molecule has 0 aromatic heterocycles. The maximum Gasteiger partial charge on any atom is 0.303 e. The lowest BCUT2D eigenvalue weighted by atomic mass is 10.1. The van der Waals surface area contributed by atoms with E-state index in [1.165, 1.54) is 11.8 Å². The second-order valence-electron chi connectivity index (χ2n) is 7.00.